The molecule has 0 fully saturated rings. The lowest BCUT2D eigenvalue weighted by Gasteiger charge is -2.29. The van der Waals surface area contributed by atoms with E-state index in [1.165, 1.54) is 89.9 Å². The molecule has 0 bridgehead atoms. The van der Waals surface area contributed by atoms with Gasteiger partial charge in [-0.15, -0.1) is 0 Å². The minimum atomic E-state index is -0.133. The van der Waals surface area contributed by atoms with E-state index in [2.05, 4.69) is 32.9 Å². The zero-order chi connectivity index (χ0) is 19.5. The van der Waals surface area contributed by atoms with Crippen LogP contribution >= 0.6 is 0 Å². The number of aliphatic hydroxyl groups excluding tert-OH is 1. The highest BCUT2D eigenvalue weighted by atomic mass is 16.3. The fourth-order valence-electron chi connectivity index (χ4n) is 3.94. The van der Waals surface area contributed by atoms with E-state index in [1.54, 1.807) is 0 Å². The van der Waals surface area contributed by atoms with Gasteiger partial charge in [-0.2, -0.15) is 0 Å². The van der Waals surface area contributed by atoms with Crippen molar-refractivity contribution in [3.63, 3.8) is 0 Å². The zero-order valence-electron chi connectivity index (χ0n) is 18.3. The minimum absolute atomic E-state index is 0.101. The summed E-state index contributed by atoms with van der Waals surface area (Å²) in [6, 6.07) is 0. The molecule has 0 radical (unpaired) electrons. The van der Waals surface area contributed by atoms with E-state index in [9.17, 15) is 5.11 Å². The third kappa shape index (κ3) is 15.9. The molecule has 3 N–H and O–H groups in total. The Morgan fingerprint density at radius 1 is 0.731 bits per heavy atom. The van der Waals surface area contributed by atoms with Crippen LogP contribution in [0.5, 0.6) is 0 Å². The molecule has 0 rings (SSSR count). The molecule has 156 valence electrons. The molecule has 0 saturated carbocycles. The standard InChI is InChI=1S/C24H49NO/c1-4-7-8-15-18-23(26)19-16-13-11-9-10-12-14-17-22-24(25,20-5-2)21-6-3/h13,16,23,26H,4-12,14-15,17-22,25H2,1-3H3/t23-/m1/s1. The molecule has 0 amide bonds. The second-order valence-electron chi connectivity index (χ2n) is 8.38. The summed E-state index contributed by atoms with van der Waals surface area (Å²) in [6.45, 7) is 6.72. The predicted molar refractivity (Wildman–Crippen MR) is 118 cm³/mol. The number of allylic oxidation sites excluding steroid dienone is 1. The highest BCUT2D eigenvalue weighted by Crippen LogP contribution is 2.24. The Morgan fingerprint density at radius 2 is 1.35 bits per heavy atom. The van der Waals surface area contributed by atoms with E-state index in [1.807, 2.05) is 0 Å². The van der Waals surface area contributed by atoms with Crippen molar-refractivity contribution in [2.24, 2.45) is 5.73 Å². The summed E-state index contributed by atoms with van der Waals surface area (Å²) in [7, 11) is 0. The van der Waals surface area contributed by atoms with Crippen molar-refractivity contribution in [2.75, 3.05) is 0 Å². The molecule has 2 nitrogen and oxygen atoms in total. The first-order chi connectivity index (χ1) is 12.6. The number of hydrogen-bond acceptors (Lipinski definition) is 2. The number of aliphatic hydroxyl groups is 1. The number of rotatable bonds is 19. The molecule has 0 aromatic heterocycles. The van der Waals surface area contributed by atoms with Crippen LogP contribution in [0.1, 0.15) is 130 Å². The van der Waals surface area contributed by atoms with Crippen molar-refractivity contribution >= 4 is 0 Å². The predicted octanol–water partition coefficient (Wildman–Crippen LogP) is 7.29. The second kappa shape index (κ2) is 18.0. The van der Waals surface area contributed by atoms with Gasteiger partial charge in [0, 0.05) is 5.54 Å². The van der Waals surface area contributed by atoms with Crippen molar-refractivity contribution in [3.8, 4) is 0 Å². The van der Waals surface area contributed by atoms with Gasteiger partial charge in [0.25, 0.3) is 0 Å². The lowest BCUT2D eigenvalue weighted by molar-refractivity contribution is 0.163. The third-order valence-corrected chi connectivity index (χ3v) is 5.51. The molecule has 0 heterocycles. The van der Waals surface area contributed by atoms with Gasteiger partial charge in [0.2, 0.25) is 0 Å². The van der Waals surface area contributed by atoms with Crippen molar-refractivity contribution in [2.45, 2.75) is 142 Å². The van der Waals surface area contributed by atoms with Crippen LogP contribution in [0.25, 0.3) is 0 Å². The molecule has 0 aromatic carbocycles. The van der Waals surface area contributed by atoms with Crippen LogP contribution in [0.4, 0.5) is 0 Å². The maximum absolute atomic E-state index is 9.93. The maximum Gasteiger partial charge on any atom is 0.0574 e. The quantitative estimate of drug-likeness (QED) is 0.186. The van der Waals surface area contributed by atoms with E-state index in [0.717, 1.165) is 19.3 Å². The molecule has 0 aliphatic carbocycles. The summed E-state index contributed by atoms with van der Waals surface area (Å²) >= 11 is 0. The van der Waals surface area contributed by atoms with Crippen molar-refractivity contribution in [1.29, 1.82) is 0 Å². The van der Waals surface area contributed by atoms with E-state index in [0.29, 0.717) is 0 Å². The van der Waals surface area contributed by atoms with Crippen LogP contribution in [-0.4, -0.2) is 16.7 Å². The normalized spacial score (nSPS) is 13.6. The van der Waals surface area contributed by atoms with Gasteiger partial charge in [-0.05, 0) is 44.9 Å². The summed E-state index contributed by atoms with van der Waals surface area (Å²) in [4.78, 5) is 0. The summed E-state index contributed by atoms with van der Waals surface area (Å²) < 4.78 is 0. The van der Waals surface area contributed by atoms with E-state index in [4.69, 9.17) is 5.73 Å². The summed E-state index contributed by atoms with van der Waals surface area (Å²) in [5, 5.41) is 9.93. The Morgan fingerprint density at radius 3 is 2.00 bits per heavy atom. The number of nitrogens with two attached hydrogens (primary N) is 1. The summed E-state index contributed by atoms with van der Waals surface area (Å²) in [5.74, 6) is 0. The maximum atomic E-state index is 9.93. The van der Waals surface area contributed by atoms with Crippen LogP contribution in [-0.2, 0) is 0 Å². The van der Waals surface area contributed by atoms with Crippen LogP contribution in [0.2, 0.25) is 0 Å². The van der Waals surface area contributed by atoms with E-state index >= 15 is 0 Å². The molecule has 0 spiro atoms. The molecule has 0 aromatic rings. The first-order valence-corrected chi connectivity index (χ1v) is 11.7. The number of hydrogen-bond donors (Lipinski definition) is 2. The smallest absolute Gasteiger partial charge is 0.0574 e. The van der Waals surface area contributed by atoms with Crippen molar-refractivity contribution < 1.29 is 5.11 Å². The lowest BCUT2D eigenvalue weighted by Crippen LogP contribution is -2.39. The van der Waals surface area contributed by atoms with Gasteiger partial charge in [-0.25, -0.2) is 0 Å². The Hall–Kier alpha value is -0.340. The van der Waals surface area contributed by atoms with Crippen molar-refractivity contribution in [1.82, 2.24) is 0 Å². The largest absolute Gasteiger partial charge is 0.393 e. The molecule has 0 saturated heterocycles. The SMILES string of the molecule is CCCCCC[C@@H](O)CC=CCCCCCCCC(N)(CCC)CCC. The molecule has 0 aliphatic rings. The van der Waals surface area contributed by atoms with Gasteiger partial charge in [0.05, 0.1) is 6.10 Å². The summed E-state index contributed by atoms with van der Waals surface area (Å²) in [5.41, 5.74) is 6.66. The lowest BCUT2D eigenvalue weighted by atomic mass is 9.84. The Labute approximate surface area is 165 Å². The molecular weight excluding hydrogens is 318 g/mol. The van der Waals surface area contributed by atoms with Crippen LogP contribution in [0.3, 0.4) is 0 Å². The Bertz CT molecular complexity index is 307. The zero-order valence-corrected chi connectivity index (χ0v) is 18.3. The average molecular weight is 368 g/mol. The monoisotopic (exact) mass is 367 g/mol. The van der Waals surface area contributed by atoms with Gasteiger partial charge in [0.1, 0.15) is 0 Å². The molecular formula is C24H49NO. The second-order valence-corrected chi connectivity index (χ2v) is 8.38. The fourth-order valence-corrected chi connectivity index (χ4v) is 3.94. The highest BCUT2D eigenvalue weighted by molar-refractivity contribution is 4.84. The van der Waals surface area contributed by atoms with E-state index < -0.39 is 0 Å². The van der Waals surface area contributed by atoms with Gasteiger partial charge >= 0.3 is 0 Å². The van der Waals surface area contributed by atoms with E-state index in [-0.39, 0.29) is 11.6 Å². The van der Waals surface area contributed by atoms with Gasteiger partial charge in [0.15, 0.2) is 0 Å². The van der Waals surface area contributed by atoms with Crippen molar-refractivity contribution in [3.05, 3.63) is 12.2 Å². The average Bonchev–Trinajstić information content (AvgIpc) is 2.61. The minimum Gasteiger partial charge on any atom is -0.393 e. The van der Waals surface area contributed by atoms with Crippen LogP contribution < -0.4 is 5.73 Å². The van der Waals surface area contributed by atoms with Crippen LogP contribution in [0, 0.1) is 0 Å². The molecule has 1 atom stereocenters. The first-order valence-electron chi connectivity index (χ1n) is 11.7. The van der Waals surface area contributed by atoms with Crippen LogP contribution in [0.15, 0.2) is 12.2 Å². The number of unbranched alkanes of at least 4 members (excludes halogenated alkanes) is 8. The summed E-state index contributed by atoms with van der Waals surface area (Å²) in [6.07, 6.45) is 24.8. The molecule has 0 unspecified atom stereocenters. The highest BCUT2D eigenvalue weighted by Gasteiger charge is 2.21. The van der Waals surface area contributed by atoms with Gasteiger partial charge < -0.3 is 10.8 Å². The third-order valence-electron chi connectivity index (χ3n) is 5.51. The molecule has 2 heteroatoms. The molecule has 26 heavy (non-hydrogen) atoms. The Balaban J connectivity index is 3.52. The van der Waals surface area contributed by atoms with Gasteiger partial charge in [-0.3, -0.25) is 0 Å². The molecule has 0 aliphatic heterocycles. The first kappa shape index (κ1) is 25.7. The Kier molecular flexibility index (Phi) is 17.8. The fraction of sp³-hybridized carbons (Fsp3) is 0.917. The topological polar surface area (TPSA) is 46.2 Å². The van der Waals surface area contributed by atoms with Gasteiger partial charge in [-0.1, -0.05) is 97.1 Å².